The number of nitrogens with one attached hydrogen (secondary N) is 1. The van der Waals surface area contributed by atoms with Gasteiger partial charge in [-0.3, -0.25) is 4.79 Å². The Morgan fingerprint density at radius 2 is 1.39 bits per heavy atom. The molecule has 0 aliphatic carbocycles. The number of benzene rings is 3. The number of hydrogen-bond acceptors (Lipinski definition) is 2. The van der Waals surface area contributed by atoms with E-state index >= 15 is 0 Å². The molecule has 4 heteroatoms. The largest absolute Gasteiger partial charge is 0.377 e. The van der Waals surface area contributed by atoms with Crippen molar-refractivity contribution in [1.29, 1.82) is 0 Å². The second-order valence-electron chi connectivity index (χ2n) is 8.01. The molecule has 1 N–H and O–H groups in total. The molecule has 0 spiro atoms. The van der Waals surface area contributed by atoms with Gasteiger partial charge in [-0.25, -0.2) is 0 Å². The monoisotopic (exact) mass is 431 g/mol. The molecule has 0 saturated heterocycles. The molecule has 1 amide bonds. The first-order chi connectivity index (χ1) is 15.2. The SMILES string of the molecule is CC[C@H](NC(C)=O)[Si](CCCOCc1ccccc1)(c1ccccc1)c1ccccc1. The second kappa shape index (κ2) is 11.6. The molecule has 3 aromatic carbocycles. The summed E-state index contributed by atoms with van der Waals surface area (Å²) in [5.41, 5.74) is 1.32. The molecule has 0 radical (unpaired) electrons. The Bertz CT molecular complexity index is 876. The Hall–Kier alpha value is -2.69. The van der Waals surface area contributed by atoms with Gasteiger partial charge in [0.05, 0.1) is 6.61 Å². The third-order valence-electron chi connectivity index (χ3n) is 5.93. The predicted molar refractivity (Wildman–Crippen MR) is 131 cm³/mol. The van der Waals surface area contributed by atoms with Crippen molar-refractivity contribution in [1.82, 2.24) is 5.32 Å². The summed E-state index contributed by atoms with van der Waals surface area (Å²) in [4.78, 5) is 12.1. The quantitative estimate of drug-likeness (QED) is 0.363. The van der Waals surface area contributed by atoms with Crippen LogP contribution in [0.1, 0.15) is 32.3 Å². The van der Waals surface area contributed by atoms with Crippen molar-refractivity contribution < 1.29 is 9.53 Å². The molecule has 31 heavy (non-hydrogen) atoms. The van der Waals surface area contributed by atoms with Gasteiger partial charge in [-0.1, -0.05) is 108 Å². The fourth-order valence-corrected chi connectivity index (χ4v) is 10.0. The topological polar surface area (TPSA) is 38.3 Å². The molecule has 3 aromatic rings. The Kier molecular flexibility index (Phi) is 8.62. The van der Waals surface area contributed by atoms with E-state index in [0.717, 1.165) is 18.9 Å². The standard InChI is InChI=1S/C27H33NO2Si/c1-3-27(28-23(2)29)31(25-16-9-5-10-17-25,26-18-11-6-12-19-26)21-13-20-30-22-24-14-7-4-8-15-24/h4-12,14-19,27H,3,13,20-22H2,1-2H3,(H,28,29)/t27-/m1/s1. The number of hydrogen-bond donors (Lipinski definition) is 1. The molecule has 0 aliphatic heterocycles. The number of amides is 1. The Balaban J connectivity index is 1.87. The first-order valence-corrected chi connectivity index (χ1v) is 13.4. The van der Waals surface area contributed by atoms with Crippen LogP contribution < -0.4 is 15.7 Å². The van der Waals surface area contributed by atoms with Gasteiger partial charge in [-0.2, -0.15) is 0 Å². The average Bonchev–Trinajstić information content (AvgIpc) is 2.82. The highest BCUT2D eigenvalue weighted by Gasteiger charge is 2.43. The lowest BCUT2D eigenvalue weighted by molar-refractivity contribution is -0.119. The van der Waals surface area contributed by atoms with Gasteiger partial charge in [0, 0.05) is 19.2 Å². The van der Waals surface area contributed by atoms with Crippen LogP contribution in [0.5, 0.6) is 0 Å². The minimum atomic E-state index is -2.28. The van der Waals surface area contributed by atoms with Crippen molar-refractivity contribution in [2.75, 3.05) is 6.61 Å². The number of rotatable bonds is 11. The molecule has 0 bridgehead atoms. The lowest BCUT2D eigenvalue weighted by atomic mass is 10.2. The summed E-state index contributed by atoms with van der Waals surface area (Å²) in [6, 6.07) is 32.9. The third-order valence-corrected chi connectivity index (χ3v) is 11.5. The van der Waals surface area contributed by atoms with Gasteiger partial charge in [-0.15, -0.1) is 0 Å². The average molecular weight is 432 g/mol. The minimum Gasteiger partial charge on any atom is -0.377 e. The summed E-state index contributed by atoms with van der Waals surface area (Å²) in [5.74, 6) is 0.0379. The molecule has 0 aliphatic rings. The molecule has 0 saturated carbocycles. The van der Waals surface area contributed by atoms with Crippen LogP contribution in [0.4, 0.5) is 0 Å². The van der Waals surface area contributed by atoms with Crippen LogP contribution in [0.3, 0.4) is 0 Å². The van der Waals surface area contributed by atoms with Crippen LogP contribution in [0.15, 0.2) is 91.0 Å². The van der Waals surface area contributed by atoms with Gasteiger partial charge in [-0.05, 0) is 24.4 Å². The smallest absolute Gasteiger partial charge is 0.216 e. The zero-order chi connectivity index (χ0) is 21.9. The predicted octanol–water partition coefficient (Wildman–Crippen LogP) is 4.31. The van der Waals surface area contributed by atoms with Crippen LogP contribution in [0, 0.1) is 0 Å². The van der Waals surface area contributed by atoms with Crippen LogP contribution in [-0.4, -0.2) is 26.3 Å². The van der Waals surface area contributed by atoms with E-state index < -0.39 is 8.07 Å². The highest BCUT2D eigenvalue weighted by Crippen LogP contribution is 2.21. The lowest BCUT2D eigenvalue weighted by Crippen LogP contribution is -2.70. The summed E-state index contributed by atoms with van der Waals surface area (Å²) in [7, 11) is -2.28. The fraction of sp³-hybridized carbons (Fsp3) is 0.296. The Morgan fingerprint density at radius 1 is 0.871 bits per heavy atom. The Morgan fingerprint density at radius 3 is 1.87 bits per heavy atom. The molecule has 3 nitrogen and oxygen atoms in total. The Labute approximate surface area is 187 Å². The molecule has 0 aromatic heterocycles. The third kappa shape index (κ3) is 5.93. The molecule has 0 unspecified atom stereocenters. The van der Waals surface area contributed by atoms with E-state index in [1.54, 1.807) is 6.92 Å². The number of ether oxygens (including phenoxy) is 1. The van der Waals surface area contributed by atoms with Crippen LogP contribution in [0.25, 0.3) is 0 Å². The van der Waals surface area contributed by atoms with E-state index in [0.29, 0.717) is 13.2 Å². The van der Waals surface area contributed by atoms with E-state index in [9.17, 15) is 4.79 Å². The maximum absolute atomic E-state index is 12.1. The lowest BCUT2D eigenvalue weighted by Gasteiger charge is -2.40. The zero-order valence-corrected chi connectivity index (χ0v) is 19.6. The summed E-state index contributed by atoms with van der Waals surface area (Å²) >= 11 is 0. The van der Waals surface area contributed by atoms with Gasteiger partial charge in [0.25, 0.3) is 0 Å². The molecule has 1 atom stereocenters. The molecular weight excluding hydrogens is 398 g/mol. The van der Waals surface area contributed by atoms with Gasteiger partial charge in [0.1, 0.15) is 8.07 Å². The molecule has 0 fully saturated rings. The summed E-state index contributed by atoms with van der Waals surface area (Å²) < 4.78 is 6.02. The summed E-state index contributed by atoms with van der Waals surface area (Å²) in [6.45, 7) is 5.15. The van der Waals surface area contributed by atoms with E-state index in [-0.39, 0.29) is 11.6 Å². The molecular formula is C27H33NO2Si. The van der Waals surface area contributed by atoms with Gasteiger partial charge >= 0.3 is 0 Å². The van der Waals surface area contributed by atoms with Gasteiger partial charge in [0.15, 0.2) is 0 Å². The van der Waals surface area contributed by atoms with Gasteiger partial charge < -0.3 is 10.1 Å². The fourth-order valence-electron chi connectivity index (χ4n) is 4.54. The van der Waals surface area contributed by atoms with E-state index in [4.69, 9.17) is 4.74 Å². The highest BCUT2D eigenvalue weighted by atomic mass is 28.3. The summed E-state index contributed by atoms with van der Waals surface area (Å²) in [6.07, 6.45) is 1.86. The van der Waals surface area contributed by atoms with E-state index in [1.807, 2.05) is 18.2 Å². The normalized spacial score (nSPS) is 12.3. The maximum Gasteiger partial charge on any atom is 0.216 e. The zero-order valence-electron chi connectivity index (χ0n) is 18.6. The minimum absolute atomic E-state index is 0.0379. The van der Waals surface area contributed by atoms with Crippen LogP contribution in [0.2, 0.25) is 6.04 Å². The first-order valence-electron chi connectivity index (χ1n) is 11.2. The maximum atomic E-state index is 12.1. The molecule has 162 valence electrons. The van der Waals surface area contributed by atoms with Gasteiger partial charge in [0.2, 0.25) is 5.91 Å². The van der Waals surface area contributed by atoms with Crippen molar-refractivity contribution in [2.45, 2.75) is 45.0 Å². The summed E-state index contributed by atoms with van der Waals surface area (Å²) in [5, 5.41) is 6.05. The molecule has 3 rings (SSSR count). The van der Waals surface area contributed by atoms with Crippen LogP contribution >= 0.6 is 0 Å². The van der Waals surface area contributed by atoms with E-state index in [2.05, 4.69) is 85.0 Å². The van der Waals surface area contributed by atoms with Crippen molar-refractivity contribution >= 4 is 24.4 Å². The van der Waals surface area contributed by atoms with E-state index in [1.165, 1.54) is 15.9 Å². The van der Waals surface area contributed by atoms with Crippen molar-refractivity contribution in [2.24, 2.45) is 0 Å². The first kappa shape index (κ1) is 23.0. The van der Waals surface area contributed by atoms with Crippen molar-refractivity contribution in [3.8, 4) is 0 Å². The van der Waals surface area contributed by atoms with Crippen molar-refractivity contribution in [3.63, 3.8) is 0 Å². The number of carbonyl (C=O) groups is 1. The van der Waals surface area contributed by atoms with Crippen molar-refractivity contribution in [3.05, 3.63) is 96.6 Å². The van der Waals surface area contributed by atoms with Crippen LogP contribution in [-0.2, 0) is 16.1 Å². The number of carbonyl (C=O) groups excluding carboxylic acids is 1. The molecule has 0 heterocycles. The second-order valence-corrected chi connectivity index (χ2v) is 12.3. The highest BCUT2D eigenvalue weighted by molar-refractivity contribution is 7.03.